The molecule has 0 aromatic heterocycles. The third kappa shape index (κ3) is 53.1. The second-order valence-electron chi connectivity index (χ2n) is 20.3. The number of carbonyl (C=O) groups excluding carboxylic acids is 3. The van der Waals surface area contributed by atoms with Crippen molar-refractivity contribution < 1.29 is 28.6 Å². The minimum atomic E-state index is -0.766. The molecule has 0 saturated heterocycles. The molecule has 0 N–H and O–H groups in total. The summed E-state index contributed by atoms with van der Waals surface area (Å²) >= 11 is 0. The molecule has 0 amide bonds. The fraction of sp³-hybridized carbons (Fsp3) is 0.917. The minimum absolute atomic E-state index is 0.0694. The Labute approximate surface area is 411 Å². The van der Waals surface area contributed by atoms with Crippen molar-refractivity contribution in [3.8, 4) is 0 Å². The fourth-order valence-corrected chi connectivity index (χ4v) is 9.04. The molecule has 0 bridgehead atoms. The van der Waals surface area contributed by atoms with Gasteiger partial charge in [0.15, 0.2) is 6.10 Å². The van der Waals surface area contributed by atoms with E-state index in [1.165, 1.54) is 225 Å². The van der Waals surface area contributed by atoms with Crippen LogP contribution in [0.5, 0.6) is 0 Å². The maximum atomic E-state index is 12.7. The Morgan fingerprint density at radius 1 is 0.288 bits per heavy atom. The van der Waals surface area contributed by atoms with Gasteiger partial charge in [0.1, 0.15) is 13.2 Å². The van der Waals surface area contributed by atoms with Crippen LogP contribution in [0.15, 0.2) is 12.2 Å². The van der Waals surface area contributed by atoms with E-state index in [1.807, 2.05) is 0 Å². The summed E-state index contributed by atoms with van der Waals surface area (Å²) in [5.74, 6) is -0.875. The van der Waals surface area contributed by atoms with Crippen molar-refractivity contribution in [2.75, 3.05) is 13.2 Å². The van der Waals surface area contributed by atoms with Gasteiger partial charge >= 0.3 is 17.9 Å². The van der Waals surface area contributed by atoms with E-state index in [4.69, 9.17) is 14.2 Å². The maximum absolute atomic E-state index is 12.7. The van der Waals surface area contributed by atoms with E-state index in [-0.39, 0.29) is 31.1 Å². The van der Waals surface area contributed by atoms with Crippen LogP contribution in [0.25, 0.3) is 0 Å². The molecule has 0 fully saturated rings. The van der Waals surface area contributed by atoms with Crippen LogP contribution >= 0.6 is 0 Å². The smallest absolute Gasteiger partial charge is 0.306 e. The van der Waals surface area contributed by atoms with Gasteiger partial charge in [0.25, 0.3) is 0 Å². The molecule has 0 radical (unpaired) electrons. The van der Waals surface area contributed by atoms with Gasteiger partial charge in [0.2, 0.25) is 0 Å². The van der Waals surface area contributed by atoms with E-state index in [9.17, 15) is 14.4 Å². The van der Waals surface area contributed by atoms with Crippen molar-refractivity contribution in [2.45, 2.75) is 341 Å². The van der Waals surface area contributed by atoms with E-state index in [0.717, 1.165) is 70.6 Å². The highest BCUT2D eigenvalue weighted by atomic mass is 16.6. The second kappa shape index (κ2) is 55.7. The van der Waals surface area contributed by atoms with Gasteiger partial charge in [-0.15, -0.1) is 0 Å². The Kier molecular flexibility index (Phi) is 54.2. The molecule has 0 aliphatic heterocycles. The molecule has 6 heteroatoms. The molecule has 1 unspecified atom stereocenters. The molecular formula is C60H114O6. The molecular weight excluding hydrogens is 817 g/mol. The van der Waals surface area contributed by atoms with Gasteiger partial charge in [0.05, 0.1) is 0 Å². The minimum Gasteiger partial charge on any atom is -0.462 e. The van der Waals surface area contributed by atoms with Crippen LogP contribution in [-0.4, -0.2) is 37.2 Å². The summed E-state index contributed by atoms with van der Waals surface area (Å²) in [6.45, 7) is 6.55. The number of ether oxygens (including phenoxy) is 3. The molecule has 66 heavy (non-hydrogen) atoms. The summed E-state index contributed by atoms with van der Waals surface area (Å²) in [7, 11) is 0. The average Bonchev–Trinajstić information content (AvgIpc) is 3.31. The van der Waals surface area contributed by atoms with E-state index in [2.05, 4.69) is 32.9 Å². The van der Waals surface area contributed by atoms with Gasteiger partial charge in [-0.25, -0.2) is 0 Å². The van der Waals surface area contributed by atoms with Gasteiger partial charge in [-0.05, 0) is 38.5 Å². The molecule has 390 valence electrons. The van der Waals surface area contributed by atoms with Crippen molar-refractivity contribution in [1.82, 2.24) is 0 Å². The molecule has 6 nitrogen and oxygen atoms in total. The number of carbonyl (C=O) groups is 3. The van der Waals surface area contributed by atoms with Gasteiger partial charge in [-0.1, -0.05) is 290 Å². The highest BCUT2D eigenvalue weighted by Gasteiger charge is 2.19. The third-order valence-corrected chi connectivity index (χ3v) is 13.5. The van der Waals surface area contributed by atoms with E-state index in [0.29, 0.717) is 19.3 Å². The standard InChI is InChI=1S/C60H114O6/c1-4-7-10-13-16-18-20-21-22-23-24-25-26-27-28-29-30-31-32-33-34-35-36-37-38-39-40-41-43-44-47-50-53-59(62)65-56-57(55-64-58(61)52-49-46-15-12-9-6-3)66-60(63)54-51-48-45-42-19-17-14-11-8-5-2/h11,14,57H,4-10,12-13,15-56H2,1-3H3/b14-11-. The Balaban J connectivity index is 3.82. The van der Waals surface area contributed by atoms with Crippen molar-refractivity contribution in [1.29, 1.82) is 0 Å². The third-order valence-electron chi connectivity index (χ3n) is 13.5. The first-order valence-electron chi connectivity index (χ1n) is 29.7. The lowest BCUT2D eigenvalue weighted by Crippen LogP contribution is -2.30. The molecule has 0 spiro atoms. The monoisotopic (exact) mass is 931 g/mol. The average molecular weight is 932 g/mol. The first-order chi connectivity index (χ1) is 32.5. The zero-order valence-electron chi connectivity index (χ0n) is 44.7. The predicted octanol–water partition coefficient (Wildman–Crippen LogP) is 19.7. The highest BCUT2D eigenvalue weighted by molar-refractivity contribution is 5.71. The number of unbranched alkanes of at least 4 members (excludes halogenated alkanes) is 42. The Morgan fingerprint density at radius 2 is 0.530 bits per heavy atom. The Bertz CT molecular complexity index is 1020. The predicted molar refractivity (Wildman–Crippen MR) is 284 cm³/mol. The molecule has 0 aromatic rings. The largest absolute Gasteiger partial charge is 0.462 e. The first-order valence-corrected chi connectivity index (χ1v) is 29.7. The van der Waals surface area contributed by atoms with Crippen LogP contribution in [-0.2, 0) is 28.6 Å². The number of hydrogen-bond acceptors (Lipinski definition) is 6. The molecule has 0 heterocycles. The zero-order chi connectivity index (χ0) is 47.9. The quantitative estimate of drug-likeness (QED) is 0.0262. The molecule has 0 aromatic carbocycles. The fourth-order valence-electron chi connectivity index (χ4n) is 9.04. The van der Waals surface area contributed by atoms with Crippen molar-refractivity contribution in [2.24, 2.45) is 0 Å². The summed E-state index contributed by atoms with van der Waals surface area (Å²) in [5.41, 5.74) is 0. The van der Waals surface area contributed by atoms with Gasteiger partial charge in [-0.3, -0.25) is 14.4 Å². The summed E-state index contributed by atoms with van der Waals surface area (Å²) in [6, 6.07) is 0. The lowest BCUT2D eigenvalue weighted by molar-refractivity contribution is -0.167. The summed E-state index contributed by atoms with van der Waals surface area (Å²) in [5, 5.41) is 0. The van der Waals surface area contributed by atoms with Crippen molar-refractivity contribution in [3.05, 3.63) is 12.2 Å². The molecule has 1 atom stereocenters. The molecule has 0 saturated carbocycles. The lowest BCUT2D eigenvalue weighted by atomic mass is 10.0. The summed E-state index contributed by atoms with van der Waals surface area (Å²) in [4.78, 5) is 37.7. The molecule has 0 aliphatic carbocycles. The van der Waals surface area contributed by atoms with Crippen LogP contribution in [0, 0.1) is 0 Å². The Hall–Kier alpha value is -1.85. The van der Waals surface area contributed by atoms with Crippen LogP contribution < -0.4 is 0 Å². The lowest BCUT2D eigenvalue weighted by Gasteiger charge is -2.18. The van der Waals surface area contributed by atoms with E-state index in [1.54, 1.807) is 0 Å². The summed E-state index contributed by atoms with van der Waals surface area (Å²) in [6.07, 6.45) is 64.3. The van der Waals surface area contributed by atoms with Crippen LogP contribution in [0.3, 0.4) is 0 Å². The zero-order valence-corrected chi connectivity index (χ0v) is 44.7. The summed E-state index contributed by atoms with van der Waals surface area (Å²) < 4.78 is 16.7. The first kappa shape index (κ1) is 64.2. The second-order valence-corrected chi connectivity index (χ2v) is 20.3. The molecule has 0 aliphatic rings. The topological polar surface area (TPSA) is 78.9 Å². The Morgan fingerprint density at radius 3 is 0.818 bits per heavy atom. The SMILES string of the molecule is CCC/C=C\CCCCCCCC(=O)OC(COC(=O)CCCCCCCC)COC(=O)CCCCCCCCCCCCCCCCCCCCCCCCCCCCCCCCCC. The molecule has 0 rings (SSSR count). The maximum Gasteiger partial charge on any atom is 0.306 e. The van der Waals surface area contributed by atoms with Crippen molar-refractivity contribution >= 4 is 17.9 Å². The van der Waals surface area contributed by atoms with Crippen LogP contribution in [0.4, 0.5) is 0 Å². The number of hydrogen-bond donors (Lipinski definition) is 0. The number of allylic oxidation sites excluding steroid dienone is 2. The highest BCUT2D eigenvalue weighted by Crippen LogP contribution is 2.18. The van der Waals surface area contributed by atoms with Crippen molar-refractivity contribution in [3.63, 3.8) is 0 Å². The van der Waals surface area contributed by atoms with Crippen LogP contribution in [0.2, 0.25) is 0 Å². The van der Waals surface area contributed by atoms with Gasteiger partial charge < -0.3 is 14.2 Å². The van der Waals surface area contributed by atoms with Crippen LogP contribution in [0.1, 0.15) is 335 Å². The van der Waals surface area contributed by atoms with E-state index >= 15 is 0 Å². The number of esters is 3. The number of rotatable bonds is 55. The van der Waals surface area contributed by atoms with E-state index < -0.39 is 6.10 Å². The van der Waals surface area contributed by atoms with Gasteiger partial charge in [-0.2, -0.15) is 0 Å². The normalized spacial score (nSPS) is 12.0. The van der Waals surface area contributed by atoms with Gasteiger partial charge in [0, 0.05) is 19.3 Å².